The summed E-state index contributed by atoms with van der Waals surface area (Å²) >= 11 is 0. The molecule has 0 amide bonds. The summed E-state index contributed by atoms with van der Waals surface area (Å²) in [6.07, 6.45) is 0. The predicted octanol–water partition coefficient (Wildman–Crippen LogP) is -0.0611. The van der Waals surface area contributed by atoms with Crippen LogP contribution in [0.4, 0.5) is 0 Å². The van der Waals surface area contributed by atoms with E-state index < -0.39 is 10.0 Å². The number of nitrogens with zero attached hydrogens (tertiary/aromatic N) is 1. The molecule has 0 unspecified atom stereocenters. The summed E-state index contributed by atoms with van der Waals surface area (Å²) in [5.74, 6) is 0.448. The first-order valence-corrected chi connectivity index (χ1v) is 6.06. The molecule has 0 aromatic carbocycles. The normalized spacial score (nSPS) is 14.4. The van der Waals surface area contributed by atoms with Crippen LogP contribution in [0.1, 0.15) is 20.8 Å². The van der Waals surface area contributed by atoms with Gasteiger partial charge in [-0.3, -0.25) is 4.99 Å². The number of hydrogen-bond donors (Lipinski definition) is 2. The largest absolute Gasteiger partial charge is 0.387 e. The summed E-state index contributed by atoms with van der Waals surface area (Å²) in [6, 6.07) is 0. The van der Waals surface area contributed by atoms with Crippen molar-refractivity contribution in [3.05, 3.63) is 0 Å². The van der Waals surface area contributed by atoms with E-state index in [1.54, 1.807) is 0 Å². The van der Waals surface area contributed by atoms with Gasteiger partial charge < -0.3 is 5.73 Å². The highest BCUT2D eigenvalue weighted by molar-refractivity contribution is 7.89. The quantitative estimate of drug-likeness (QED) is 0.515. The van der Waals surface area contributed by atoms with Crippen LogP contribution in [0.5, 0.6) is 0 Å². The van der Waals surface area contributed by atoms with Crippen LogP contribution in [0.25, 0.3) is 0 Å². The van der Waals surface area contributed by atoms with E-state index in [0.29, 0.717) is 5.84 Å². The molecule has 14 heavy (non-hydrogen) atoms. The van der Waals surface area contributed by atoms with E-state index in [9.17, 15) is 8.42 Å². The Kier molecular flexibility index (Phi) is 4.54. The molecule has 0 aliphatic carbocycles. The molecule has 0 spiro atoms. The van der Waals surface area contributed by atoms with Crippen LogP contribution in [0.15, 0.2) is 4.99 Å². The second kappa shape index (κ2) is 4.75. The zero-order valence-corrected chi connectivity index (χ0v) is 9.98. The lowest BCUT2D eigenvalue weighted by Gasteiger charge is -2.17. The molecule has 0 aromatic heterocycles. The second-order valence-corrected chi connectivity index (χ2v) is 6.09. The van der Waals surface area contributed by atoms with Gasteiger partial charge in [-0.05, 0) is 7.05 Å². The third kappa shape index (κ3) is 5.18. The first kappa shape index (κ1) is 13.4. The minimum absolute atomic E-state index is 0.0275. The fourth-order valence-electron chi connectivity index (χ4n) is 0.626. The maximum Gasteiger partial charge on any atom is 0.213 e. The number of nitrogens with one attached hydrogen (secondary N) is 1. The van der Waals surface area contributed by atoms with Crippen LogP contribution in [0, 0.1) is 5.41 Å². The maximum absolute atomic E-state index is 11.0. The van der Waals surface area contributed by atoms with E-state index >= 15 is 0 Å². The minimum Gasteiger partial charge on any atom is -0.387 e. The van der Waals surface area contributed by atoms with Crippen molar-refractivity contribution in [3.8, 4) is 0 Å². The van der Waals surface area contributed by atoms with Crippen molar-refractivity contribution in [2.75, 3.05) is 19.3 Å². The Morgan fingerprint density at radius 3 is 2.29 bits per heavy atom. The molecular formula is C8H19N3O2S. The lowest BCUT2D eigenvalue weighted by molar-refractivity contribution is 0.578. The third-order valence-electron chi connectivity index (χ3n) is 1.72. The van der Waals surface area contributed by atoms with Gasteiger partial charge in [0.1, 0.15) is 0 Å². The zero-order valence-electron chi connectivity index (χ0n) is 9.16. The highest BCUT2D eigenvalue weighted by Crippen LogP contribution is 2.12. The number of rotatable bonds is 4. The van der Waals surface area contributed by atoms with E-state index in [1.807, 2.05) is 20.8 Å². The highest BCUT2D eigenvalue weighted by Gasteiger charge is 2.15. The molecule has 0 bridgehead atoms. The Morgan fingerprint density at radius 1 is 1.43 bits per heavy atom. The predicted molar refractivity (Wildman–Crippen MR) is 58.8 cm³/mol. The molecule has 6 heteroatoms. The van der Waals surface area contributed by atoms with Gasteiger partial charge in [-0.15, -0.1) is 0 Å². The summed E-state index contributed by atoms with van der Waals surface area (Å²) in [5.41, 5.74) is 5.45. The van der Waals surface area contributed by atoms with Crippen LogP contribution in [0.3, 0.4) is 0 Å². The fraction of sp³-hybridized carbons (Fsp3) is 0.875. The van der Waals surface area contributed by atoms with Crippen LogP contribution in [0.2, 0.25) is 0 Å². The molecular weight excluding hydrogens is 202 g/mol. The van der Waals surface area contributed by atoms with Crippen LogP contribution >= 0.6 is 0 Å². The van der Waals surface area contributed by atoms with Crippen molar-refractivity contribution < 1.29 is 8.42 Å². The molecule has 0 aliphatic heterocycles. The molecule has 5 nitrogen and oxygen atoms in total. The van der Waals surface area contributed by atoms with Gasteiger partial charge in [0.25, 0.3) is 0 Å². The molecule has 0 atom stereocenters. The molecule has 0 fully saturated rings. The van der Waals surface area contributed by atoms with E-state index in [0.717, 1.165) is 0 Å². The maximum atomic E-state index is 11.0. The van der Waals surface area contributed by atoms with Crippen LogP contribution < -0.4 is 10.5 Å². The molecule has 0 aromatic rings. The minimum atomic E-state index is -3.17. The van der Waals surface area contributed by atoms with Crippen molar-refractivity contribution in [1.29, 1.82) is 0 Å². The average molecular weight is 221 g/mol. The summed E-state index contributed by atoms with van der Waals surface area (Å²) in [4.78, 5) is 4.00. The van der Waals surface area contributed by atoms with Crippen molar-refractivity contribution in [2.45, 2.75) is 20.8 Å². The summed E-state index contributed by atoms with van der Waals surface area (Å²) in [5, 5.41) is 0. The van der Waals surface area contributed by atoms with Gasteiger partial charge in [0, 0.05) is 5.41 Å². The van der Waals surface area contributed by atoms with Crippen molar-refractivity contribution in [2.24, 2.45) is 16.1 Å². The van der Waals surface area contributed by atoms with Crippen molar-refractivity contribution in [3.63, 3.8) is 0 Å². The van der Waals surface area contributed by atoms with E-state index in [2.05, 4.69) is 9.71 Å². The molecule has 0 aliphatic rings. The molecule has 0 radical (unpaired) electrons. The summed E-state index contributed by atoms with van der Waals surface area (Å²) in [7, 11) is -1.79. The Balaban J connectivity index is 4.21. The first-order valence-electron chi connectivity index (χ1n) is 4.40. The molecule has 3 N–H and O–H groups in total. The molecule has 0 rings (SSSR count). The SMILES string of the molecule is CNS(=O)(=O)CCN=C(N)C(C)(C)C. The summed E-state index contributed by atoms with van der Waals surface area (Å²) in [6.45, 7) is 5.99. The second-order valence-electron chi connectivity index (χ2n) is 4.04. The topological polar surface area (TPSA) is 84.5 Å². The fourth-order valence-corrected chi connectivity index (χ4v) is 1.16. The van der Waals surface area contributed by atoms with Gasteiger partial charge >= 0.3 is 0 Å². The Labute approximate surface area is 85.8 Å². The smallest absolute Gasteiger partial charge is 0.213 e. The van der Waals surface area contributed by atoms with Gasteiger partial charge in [0.15, 0.2) is 0 Å². The Morgan fingerprint density at radius 2 is 1.93 bits per heavy atom. The molecule has 0 saturated heterocycles. The average Bonchev–Trinajstić information content (AvgIpc) is 2.02. The third-order valence-corrected chi connectivity index (χ3v) is 3.06. The van der Waals surface area contributed by atoms with E-state index in [-0.39, 0.29) is 17.7 Å². The highest BCUT2D eigenvalue weighted by atomic mass is 32.2. The number of amidine groups is 1. The van der Waals surface area contributed by atoms with Gasteiger partial charge in [-0.25, -0.2) is 13.1 Å². The lowest BCUT2D eigenvalue weighted by Crippen LogP contribution is -2.30. The van der Waals surface area contributed by atoms with Gasteiger partial charge in [-0.2, -0.15) is 0 Å². The lowest BCUT2D eigenvalue weighted by atomic mass is 9.95. The number of hydrogen-bond acceptors (Lipinski definition) is 3. The van der Waals surface area contributed by atoms with Crippen LogP contribution in [-0.4, -0.2) is 33.6 Å². The van der Waals surface area contributed by atoms with Gasteiger partial charge in [0.2, 0.25) is 10.0 Å². The molecule has 0 saturated carbocycles. The monoisotopic (exact) mass is 221 g/mol. The van der Waals surface area contributed by atoms with Crippen molar-refractivity contribution in [1.82, 2.24) is 4.72 Å². The van der Waals surface area contributed by atoms with Gasteiger partial charge in [-0.1, -0.05) is 20.8 Å². The standard InChI is InChI=1S/C8H19N3O2S/c1-8(2,3)7(9)11-5-6-14(12,13)10-4/h10H,5-6H2,1-4H3,(H2,9,11). The van der Waals surface area contributed by atoms with Crippen molar-refractivity contribution >= 4 is 15.9 Å². The number of nitrogens with two attached hydrogens (primary N) is 1. The first-order chi connectivity index (χ1) is 6.19. The number of aliphatic imine (C=N–C) groups is 1. The van der Waals surface area contributed by atoms with Gasteiger partial charge in [0.05, 0.1) is 18.1 Å². The Hall–Kier alpha value is -0.620. The summed E-state index contributed by atoms with van der Waals surface area (Å²) < 4.78 is 24.2. The number of sulfonamides is 1. The van der Waals surface area contributed by atoms with E-state index in [4.69, 9.17) is 5.73 Å². The van der Waals surface area contributed by atoms with Crippen LogP contribution in [-0.2, 0) is 10.0 Å². The molecule has 0 heterocycles. The molecule has 84 valence electrons. The zero-order chi connectivity index (χ0) is 11.4. The Bertz CT molecular complexity index is 301. The van der Waals surface area contributed by atoms with E-state index in [1.165, 1.54) is 7.05 Å².